The number of halogens is 5. The average Bonchev–Trinajstić information content (AvgIpc) is 3.23. The van der Waals surface area contributed by atoms with Gasteiger partial charge in [-0.05, 0) is 55.5 Å². The Kier molecular flexibility index (Phi) is 13.7. The topological polar surface area (TPSA) is 15.3 Å². The van der Waals surface area contributed by atoms with Crippen molar-refractivity contribution in [3.63, 3.8) is 0 Å². The van der Waals surface area contributed by atoms with E-state index in [-0.39, 0.29) is 17.8 Å². The largest absolute Gasteiger partial charge is 0.381 e. The standard InChI is InChI=1S/C47H42Cl5N2PSi2/c1-35(2)40-33-43(45(36-21-9-3-10-22-36)37-23-11-4-12-24-37)47(44(34-40)46(38-25-13-5-14-26-38)39-27-15-6-16-28-39)53-54(57(51,52)56(48,49)50)55(41-29-17-7-18-30-41)42-31-19-8-20-32-42/h3-35,45-46,53H,1-2H3. The second kappa shape index (κ2) is 18.7. The third-order valence-corrected chi connectivity index (χ3v) is 37.7. The van der Waals surface area contributed by atoms with Crippen LogP contribution in [-0.4, -0.2) is 16.3 Å². The van der Waals surface area contributed by atoms with Crippen LogP contribution in [0.3, 0.4) is 0 Å². The Hall–Kier alpha value is -3.39. The lowest BCUT2D eigenvalue weighted by molar-refractivity contribution is 0.811. The van der Waals surface area contributed by atoms with Crippen LogP contribution in [0.5, 0.6) is 0 Å². The van der Waals surface area contributed by atoms with E-state index in [0.717, 1.165) is 49.7 Å². The minimum Gasteiger partial charge on any atom is -0.318 e. The zero-order valence-corrected chi connectivity index (χ0v) is 38.2. The normalized spacial score (nSPS) is 12.2. The van der Waals surface area contributed by atoms with Gasteiger partial charge in [-0.25, -0.2) is 0 Å². The molecule has 0 aliphatic heterocycles. The SMILES string of the molecule is CC(C)c1cc(C(c2ccccc2)c2ccccc2)c(NN(P(c2ccccc2)c2ccccc2)[Si](Cl)(Cl)[Si](Cl)(Cl)Cl)c(C(c2ccccc2)c2ccccc2)c1. The van der Waals surface area contributed by atoms with E-state index in [9.17, 15) is 0 Å². The molecule has 0 atom stereocenters. The van der Waals surface area contributed by atoms with Gasteiger partial charge in [-0.3, -0.25) is 0 Å². The number of rotatable bonds is 14. The van der Waals surface area contributed by atoms with Gasteiger partial charge < -0.3 is 5.43 Å². The lowest BCUT2D eigenvalue weighted by Crippen LogP contribution is -2.59. The summed E-state index contributed by atoms with van der Waals surface area (Å²) in [4.78, 5) is 0. The molecule has 57 heavy (non-hydrogen) atoms. The van der Waals surface area contributed by atoms with E-state index in [1.165, 1.54) is 5.56 Å². The average molecular weight is 899 g/mol. The molecule has 10 heteroatoms. The van der Waals surface area contributed by atoms with Crippen LogP contribution in [0.2, 0.25) is 0 Å². The van der Waals surface area contributed by atoms with E-state index >= 15 is 0 Å². The van der Waals surface area contributed by atoms with Gasteiger partial charge >= 0.3 is 11.9 Å². The first kappa shape index (κ1) is 41.8. The Labute approximate surface area is 363 Å². The number of benzene rings is 7. The van der Waals surface area contributed by atoms with Crippen molar-refractivity contribution in [2.45, 2.75) is 31.6 Å². The molecule has 2 nitrogen and oxygen atoms in total. The van der Waals surface area contributed by atoms with Crippen molar-refractivity contribution in [1.82, 2.24) is 4.44 Å². The van der Waals surface area contributed by atoms with Crippen LogP contribution in [0.1, 0.15) is 70.5 Å². The van der Waals surface area contributed by atoms with Crippen molar-refractivity contribution >= 4 is 91.7 Å². The molecule has 7 rings (SSSR count). The summed E-state index contributed by atoms with van der Waals surface area (Å²) in [7, 11) is -1.49. The molecule has 0 aliphatic carbocycles. The van der Waals surface area contributed by atoms with Gasteiger partial charge in [0.2, 0.25) is 0 Å². The third kappa shape index (κ3) is 9.42. The monoisotopic (exact) mass is 896 g/mol. The van der Waals surface area contributed by atoms with Gasteiger partial charge in [-0.2, -0.15) is 4.44 Å². The maximum Gasteiger partial charge on any atom is 0.381 e. The minimum atomic E-state index is -3.98. The Morgan fingerprint density at radius 3 is 1.02 bits per heavy atom. The molecule has 0 fully saturated rings. The van der Waals surface area contributed by atoms with E-state index in [1.54, 1.807) is 0 Å². The number of anilines is 1. The molecule has 0 radical (unpaired) electrons. The summed E-state index contributed by atoms with van der Waals surface area (Å²) in [5, 5.41) is 2.03. The molecule has 0 saturated heterocycles. The summed E-state index contributed by atoms with van der Waals surface area (Å²) >= 11 is 36.5. The van der Waals surface area contributed by atoms with Crippen LogP contribution in [-0.2, 0) is 0 Å². The van der Waals surface area contributed by atoms with Gasteiger partial charge in [0.1, 0.15) is 0 Å². The highest BCUT2D eigenvalue weighted by molar-refractivity contribution is 8.03. The number of hydrogen-bond acceptors (Lipinski definition) is 2. The minimum absolute atomic E-state index is 0.187. The first-order valence-electron chi connectivity index (χ1n) is 18.8. The van der Waals surface area contributed by atoms with Gasteiger partial charge in [0, 0.05) is 19.9 Å². The predicted octanol–water partition coefficient (Wildman–Crippen LogP) is 14.0. The van der Waals surface area contributed by atoms with Gasteiger partial charge in [0.05, 0.1) is 5.69 Å². The lowest BCUT2D eigenvalue weighted by Gasteiger charge is -2.43. The summed E-state index contributed by atoms with van der Waals surface area (Å²) < 4.78 is 1.98. The van der Waals surface area contributed by atoms with Crippen molar-refractivity contribution in [3.05, 3.63) is 233 Å². The number of hydrogen-bond donors (Lipinski definition) is 1. The van der Waals surface area contributed by atoms with Crippen molar-refractivity contribution in [2.24, 2.45) is 0 Å². The van der Waals surface area contributed by atoms with Gasteiger partial charge in [0.25, 0.3) is 0 Å². The molecule has 0 bridgehead atoms. The van der Waals surface area contributed by atoms with E-state index < -0.39 is 20.0 Å². The van der Waals surface area contributed by atoms with E-state index in [1.807, 2.05) is 40.8 Å². The maximum atomic E-state index is 7.69. The molecule has 0 aromatic heterocycles. The molecule has 0 unspecified atom stereocenters. The van der Waals surface area contributed by atoms with Gasteiger partial charge in [-0.15, -0.1) is 55.4 Å². The van der Waals surface area contributed by atoms with E-state index in [4.69, 9.17) is 55.4 Å². The fourth-order valence-electron chi connectivity index (χ4n) is 7.30. The lowest BCUT2D eigenvalue weighted by atomic mass is 9.77. The summed E-state index contributed by atoms with van der Waals surface area (Å²) in [6.45, 7) is 4.49. The highest BCUT2D eigenvalue weighted by Gasteiger charge is 2.61. The van der Waals surface area contributed by atoms with Crippen LogP contribution >= 0.6 is 63.5 Å². The Morgan fingerprint density at radius 2 is 0.737 bits per heavy atom. The molecule has 0 aliphatic rings. The van der Waals surface area contributed by atoms with Crippen molar-refractivity contribution < 1.29 is 0 Å². The first-order valence-corrected chi connectivity index (χ1v) is 30.1. The van der Waals surface area contributed by atoms with Crippen molar-refractivity contribution in [3.8, 4) is 0 Å². The van der Waals surface area contributed by atoms with Crippen LogP contribution < -0.4 is 16.0 Å². The summed E-state index contributed by atoms with van der Waals surface area (Å²) in [5.41, 5.74) is 8.95. The second-order valence-electron chi connectivity index (χ2n) is 14.2. The molecule has 1 N–H and O–H groups in total. The van der Waals surface area contributed by atoms with Crippen LogP contribution in [0, 0.1) is 0 Å². The highest BCUT2D eigenvalue weighted by atomic mass is 35.9. The molecule has 7 aromatic carbocycles. The molecule has 288 valence electrons. The highest BCUT2D eigenvalue weighted by Crippen LogP contribution is 2.53. The molecular formula is C47H42Cl5N2PSi2. The van der Waals surface area contributed by atoms with E-state index in [0.29, 0.717) is 0 Å². The Morgan fingerprint density at radius 1 is 0.439 bits per heavy atom. The maximum absolute atomic E-state index is 7.69. The first-order chi connectivity index (χ1) is 27.5. The fraction of sp³-hybridized carbons (Fsp3) is 0.106. The summed E-state index contributed by atoms with van der Waals surface area (Å²) in [6.07, 6.45) is -3.98. The van der Waals surface area contributed by atoms with Crippen molar-refractivity contribution in [2.75, 3.05) is 5.43 Å². The molecule has 7 aromatic rings. The zero-order valence-electron chi connectivity index (χ0n) is 31.5. The van der Waals surface area contributed by atoms with Crippen LogP contribution in [0.4, 0.5) is 5.69 Å². The third-order valence-electron chi connectivity index (χ3n) is 10.1. The Balaban J connectivity index is 1.62. The number of hydrazine groups is 1. The molecule has 0 amide bonds. The molecular weight excluding hydrogens is 857 g/mol. The van der Waals surface area contributed by atoms with E-state index in [2.05, 4.69) is 177 Å². The van der Waals surface area contributed by atoms with Crippen LogP contribution in [0.25, 0.3) is 0 Å². The van der Waals surface area contributed by atoms with Crippen LogP contribution in [0.15, 0.2) is 194 Å². The van der Waals surface area contributed by atoms with Crippen molar-refractivity contribution in [1.29, 1.82) is 0 Å². The molecule has 0 saturated carbocycles. The number of nitrogens with zero attached hydrogens (tertiary/aromatic N) is 1. The molecule has 0 heterocycles. The smallest absolute Gasteiger partial charge is 0.318 e. The Bertz CT molecular complexity index is 2110. The van der Waals surface area contributed by atoms with Gasteiger partial charge in [0.15, 0.2) is 0 Å². The zero-order chi connectivity index (χ0) is 40.0. The molecule has 0 spiro atoms. The number of nitrogens with one attached hydrogen (secondary N) is 1. The second-order valence-corrected chi connectivity index (χ2v) is 39.0. The predicted molar refractivity (Wildman–Crippen MR) is 253 cm³/mol. The quantitative estimate of drug-likeness (QED) is 0.0385. The summed E-state index contributed by atoms with van der Waals surface area (Å²) in [5.74, 6) is -0.165. The summed E-state index contributed by atoms with van der Waals surface area (Å²) in [6, 6.07) is 67.8. The fourth-order valence-corrected chi connectivity index (χ4v) is 20.0. The van der Waals surface area contributed by atoms with Gasteiger partial charge in [-0.1, -0.05) is 208 Å².